The number of methoxy groups -OCH3 is 1. The summed E-state index contributed by atoms with van der Waals surface area (Å²) in [5.74, 6) is -2.02. The summed E-state index contributed by atoms with van der Waals surface area (Å²) in [6.45, 7) is 6.84. The number of ether oxygens (including phenoxy) is 15. The first-order chi connectivity index (χ1) is 42.8. The minimum atomic E-state index is -1.70. The Kier molecular flexibility index (Phi) is 24.0. The number of carbonyl (C=O) groups excluding carboxylic acids is 4. The standard InChI is InChI=1S/C68H77NO19/c1-43-58(77-38-50-26-16-9-17-27-50)62(78-39-51-28-18-10-19-29-51)64(79-40-52-30-20-11-21-31-52)67(80-43)88-61-57(69-44(2)70)66(84-54-34-32-53(74-6)33-35-54)85-55(41-75-36-48-22-12-7-13-23-48)59(61)87-68-65(83-47(5)73)63(82-46(4)72)60(81-45(3)71)56(86-68)42-76-37-49-24-14-8-15-25-49/h7-35,43,55-68H,36-42H2,1-6H3,(H,69,70)/t43-,55+,56+,57+,58+,59+,60-,61+,62+,63-,64-,65+,66+,67-,68-/m0/s1. The van der Waals surface area contributed by atoms with E-state index in [1.54, 1.807) is 31.4 Å². The molecule has 0 aromatic heterocycles. The molecule has 0 radical (unpaired) electrons. The normalized spacial score (nSPS) is 26.9. The third kappa shape index (κ3) is 18.5. The fourth-order valence-corrected chi connectivity index (χ4v) is 10.8. The van der Waals surface area contributed by atoms with Crippen LogP contribution >= 0.6 is 0 Å². The molecule has 1 N–H and O–H groups in total. The van der Waals surface area contributed by atoms with Gasteiger partial charge in [-0.25, -0.2) is 0 Å². The van der Waals surface area contributed by atoms with E-state index in [1.807, 2.05) is 159 Å². The lowest BCUT2D eigenvalue weighted by molar-refractivity contribution is -0.375. The second-order valence-electron chi connectivity index (χ2n) is 21.5. The Morgan fingerprint density at radius 1 is 0.398 bits per heavy atom. The van der Waals surface area contributed by atoms with Crippen molar-refractivity contribution in [3.63, 3.8) is 0 Å². The smallest absolute Gasteiger partial charge is 0.303 e. The molecule has 0 saturated carbocycles. The van der Waals surface area contributed by atoms with E-state index in [0.717, 1.165) is 41.7 Å². The van der Waals surface area contributed by atoms with Crippen molar-refractivity contribution in [1.29, 1.82) is 0 Å². The van der Waals surface area contributed by atoms with E-state index in [1.165, 1.54) is 13.8 Å². The van der Waals surface area contributed by atoms with Crippen molar-refractivity contribution in [3.05, 3.63) is 204 Å². The van der Waals surface area contributed by atoms with Gasteiger partial charge in [0.1, 0.15) is 60.3 Å². The van der Waals surface area contributed by atoms with Crippen LogP contribution in [0.25, 0.3) is 0 Å². The molecule has 3 heterocycles. The fourth-order valence-electron chi connectivity index (χ4n) is 10.8. The number of amides is 1. The van der Waals surface area contributed by atoms with Crippen LogP contribution in [0.3, 0.4) is 0 Å². The molecule has 0 spiro atoms. The molecule has 3 saturated heterocycles. The summed E-state index contributed by atoms with van der Waals surface area (Å²) in [4.78, 5) is 53.5. The minimum absolute atomic E-state index is 0.0659. The maximum Gasteiger partial charge on any atom is 0.303 e. The van der Waals surface area contributed by atoms with Crippen LogP contribution in [-0.2, 0) is 114 Å². The van der Waals surface area contributed by atoms with Gasteiger partial charge in [-0.1, -0.05) is 152 Å². The number of benzene rings is 6. The summed E-state index contributed by atoms with van der Waals surface area (Å²) >= 11 is 0. The molecule has 1 amide bonds. The Balaban J connectivity index is 1.17. The Labute approximate surface area is 512 Å². The number of carbonyl (C=O) groups is 4. The van der Waals surface area contributed by atoms with Crippen molar-refractivity contribution in [2.75, 3.05) is 20.3 Å². The molecule has 0 bridgehead atoms. The van der Waals surface area contributed by atoms with Gasteiger partial charge in [0.05, 0.1) is 59.5 Å². The highest BCUT2D eigenvalue weighted by molar-refractivity contribution is 5.73. The van der Waals surface area contributed by atoms with E-state index in [4.69, 9.17) is 71.1 Å². The first-order valence-electron chi connectivity index (χ1n) is 29.3. The Morgan fingerprint density at radius 3 is 1.25 bits per heavy atom. The number of nitrogens with one attached hydrogen (secondary N) is 1. The Morgan fingerprint density at radius 2 is 0.784 bits per heavy atom. The fraction of sp³-hybridized carbons (Fsp3) is 0.412. The molecule has 9 rings (SSSR count). The van der Waals surface area contributed by atoms with Gasteiger partial charge in [0.15, 0.2) is 30.9 Å². The van der Waals surface area contributed by atoms with Gasteiger partial charge in [-0.15, -0.1) is 0 Å². The van der Waals surface area contributed by atoms with Crippen molar-refractivity contribution in [3.8, 4) is 11.5 Å². The SMILES string of the molecule is COc1ccc(O[C@@H]2O[C@H](COCc3ccccc3)[C@@H](O[C@@H]3O[C@H](COCc4ccccc4)[C@H](OC(C)=O)[C@H](OC(C)=O)[C@H]3OC(C)=O)[C@H](O[C@@H]3O[C@@H](C)[C@@H](OCc4ccccc4)[C@@H](OCc4ccccc4)[C@@H]3OCc3ccccc3)[C@H]2NC(C)=O)cc1. The molecule has 6 aromatic rings. The topological polar surface area (TPSA) is 219 Å². The number of esters is 3. The van der Waals surface area contributed by atoms with Gasteiger partial charge in [0.2, 0.25) is 12.2 Å². The van der Waals surface area contributed by atoms with E-state index in [9.17, 15) is 19.2 Å². The summed E-state index contributed by atoms with van der Waals surface area (Å²) in [5.41, 5.74) is 4.29. The lowest BCUT2D eigenvalue weighted by Crippen LogP contribution is -2.71. The Bertz CT molecular complexity index is 3080. The van der Waals surface area contributed by atoms with E-state index in [-0.39, 0.29) is 46.2 Å². The maximum absolute atomic E-state index is 13.9. The van der Waals surface area contributed by atoms with Gasteiger partial charge in [-0.3, -0.25) is 19.2 Å². The average molecular weight is 1210 g/mol. The van der Waals surface area contributed by atoms with Crippen molar-refractivity contribution in [1.82, 2.24) is 5.32 Å². The predicted molar refractivity (Wildman–Crippen MR) is 317 cm³/mol. The molecule has 6 aromatic carbocycles. The van der Waals surface area contributed by atoms with E-state index >= 15 is 0 Å². The summed E-state index contributed by atoms with van der Waals surface area (Å²) in [5, 5.41) is 3.05. The highest BCUT2D eigenvalue weighted by Gasteiger charge is 2.58. The lowest BCUT2D eigenvalue weighted by atomic mass is 9.94. The van der Waals surface area contributed by atoms with Crippen LogP contribution in [0.15, 0.2) is 176 Å². The number of hydrogen-bond acceptors (Lipinski definition) is 19. The largest absolute Gasteiger partial charge is 0.497 e. The van der Waals surface area contributed by atoms with E-state index in [2.05, 4.69) is 5.32 Å². The quantitative estimate of drug-likeness (QED) is 0.0359. The molecule has 88 heavy (non-hydrogen) atoms. The Hall–Kier alpha value is -7.60. The maximum atomic E-state index is 13.9. The zero-order chi connectivity index (χ0) is 61.8. The van der Waals surface area contributed by atoms with Crippen molar-refractivity contribution < 1.29 is 90.2 Å². The van der Waals surface area contributed by atoms with Gasteiger partial charge in [0, 0.05) is 27.7 Å². The molecule has 3 aliphatic rings. The zero-order valence-corrected chi connectivity index (χ0v) is 50.1. The van der Waals surface area contributed by atoms with Crippen LogP contribution in [0.5, 0.6) is 11.5 Å². The molecule has 3 aliphatic heterocycles. The first kappa shape index (κ1) is 64.9. The molecular weight excluding hydrogens is 1130 g/mol. The molecule has 3 fully saturated rings. The average Bonchev–Trinajstić information content (AvgIpc) is 1.13. The molecule has 468 valence electrons. The summed E-state index contributed by atoms with van der Waals surface area (Å²) in [6.07, 6.45) is -17.9. The molecule has 15 atom stereocenters. The predicted octanol–water partition coefficient (Wildman–Crippen LogP) is 8.53. The highest BCUT2D eigenvalue weighted by Crippen LogP contribution is 2.39. The van der Waals surface area contributed by atoms with Gasteiger partial charge in [0.25, 0.3) is 0 Å². The van der Waals surface area contributed by atoms with Crippen LogP contribution in [0.4, 0.5) is 0 Å². The van der Waals surface area contributed by atoms with Gasteiger partial charge >= 0.3 is 17.9 Å². The lowest BCUT2D eigenvalue weighted by Gasteiger charge is -2.51. The minimum Gasteiger partial charge on any atom is -0.497 e. The third-order valence-electron chi connectivity index (χ3n) is 14.8. The van der Waals surface area contributed by atoms with Crippen molar-refractivity contribution >= 4 is 23.8 Å². The van der Waals surface area contributed by atoms with Crippen molar-refractivity contribution in [2.24, 2.45) is 0 Å². The van der Waals surface area contributed by atoms with Crippen LogP contribution in [0.1, 0.15) is 62.4 Å². The molecular formula is C68H77NO19. The third-order valence-corrected chi connectivity index (χ3v) is 14.8. The highest BCUT2D eigenvalue weighted by atomic mass is 16.8. The molecule has 20 nitrogen and oxygen atoms in total. The monoisotopic (exact) mass is 1210 g/mol. The number of hydrogen-bond donors (Lipinski definition) is 1. The summed E-state index contributed by atoms with van der Waals surface area (Å²) in [7, 11) is 1.54. The summed E-state index contributed by atoms with van der Waals surface area (Å²) < 4.78 is 99.2. The zero-order valence-electron chi connectivity index (χ0n) is 50.1. The van der Waals surface area contributed by atoms with E-state index < -0.39 is 116 Å². The first-order valence-corrected chi connectivity index (χ1v) is 29.3. The van der Waals surface area contributed by atoms with Crippen LogP contribution in [-0.4, -0.2) is 136 Å². The second kappa shape index (κ2) is 32.6. The molecule has 0 aliphatic carbocycles. The van der Waals surface area contributed by atoms with Gasteiger partial charge in [-0.2, -0.15) is 0 Å². The van der Waals surface area contributed by atoms with E-state index in [0.29, 0.717) is 11.5 Å². The number of rotatable bonds is 28. The molecule has 0 unspecified atom stereocenters. The molecule has 20 heteroatoms. The summed E-state index contributed by atoms with van der Waals surface area (Å²) in [6, 6.07) is 53.3. The van der Waals surface area contributed by atoms with Gasteiger partial charge < -0.3 is 76.4 Å². The van der Waals surface area contributed by atoms with Crippen LogP contribution < -0.4 is 14.8 Å². The van der Waals surface area contributed by atoms with Crippen LogP contribution in [0.2, 0.25) is 0 Å². The van der Waals surface area contributed by atoms with Gasteiger partial charge in [-0.05, 0) is 59.0 Å². The van der Waals surface area contributed by atoms with Crippen molar-refractivity contribution in [2.45, 2.75) is 160 Å². The van der Waals surface area contributed by atoms with Crippen LogP contribution in [0, 0.1) is 0 Å². The second-order valence-corrected chi connectivity index (χ2v) is 21.5.